The fourth-order valence-corrected chi connectivity index (χ4v) is 2.38. The molecule has 2 rings (SSSR count). The Bertz CT molecular complexity index is 405. The Morgan fingerprint density at radius 1 is 1.44 bits per heavy atom. The van der Waals surface area contributed by atoms with Crippen LogP contribution in [0.25, 0.3) is 0 Å². The summed E-state index contributed by atoms with van der Waals surface area (Å²) in [6.45, 7) is 8.26. The maximum atomic E-state index is 6.09. The van der Waals surface area contributed by atoms with Gasteiger partial charge in [-0.25, -0.2) is 0 Å². The van der Waals surface area contributed by atoms with E-state index in [2.05, 4.69) is 43.9 Å². The summed E-state index contributed by atoms with van der Waals surface area (Å²) in [4.78, 5) is 2.37. The van der Waals surface area contributed by atoms with E-state index in [9.17, 15) is 0 Å². The molecule has 1 aliphatic heterocycles. The lowest BCUT2D eigenvalue weighted by molar-refractivity contribution is 0.211. The Morgan fingerprint density at radius 2 is 2.22 bits per heavy atom. The summed E-state index contributed by atoms with van der Waals surface area (Å²) >= 11 is 0. The highest BCUT2D eigenvalue weighted by molar-refractivity contribution is 5.61. The van der Waals surface area contributed by atoms with Crippen molar-refractivity contribution in [3.63, 3.8) is 0 Å². The first-order valence-corrected chi connectivity index (χ1v) is 6.94. The minimum absolute atomic E-state index is 0.230. The van der Waals surface area contributed by atoms with Gasteiger partial charge in [0.05, 0.1) is 12.2 Å². The van der Waals surface area contributed by atoms with Gasteiger partial charge in [0, 0.05) is 12.6 Å². The molecule has 2 N–H and O–H groups in total. The second-order valence-electron chi connectivity index (χ2n) is 5.16. The highest BCUT2D eigenvalue weighted by atomic mass is 16.5. The molecule has 100 valence electrons. The Kier molecular flexibility index (Phi) is 4.12. The maximum Gasteiger partial charge on any atom is 0.143 e. The van der Waals surface area contributed by atoms with Crippen LogP contribution < -0.4 is 15.4 Å². The van der Waals surface area contributed by atoms with Crippen molar-refractivity contribution >= 4 is 5.69 Å². The molecule has 0 bridgehead atoms. The minimum atomic E-state index is 0.230. The maximum absolute atomic E-state index is 6.09. The summed E-state index contributed by atoms with van der Waals surface area (Å²) in [6, 6.07) is 6.71. The molecule has 0 aliphatic carbocycles. The minimum Gasteiger partial charge on any atom is -0.487 e. The van der Waals surface area contributed by atoms with Crippen LogP contribution in [-0.4, -0.2) is 25.2 Å². The van der Waals surface area contributed by atoms with E-state index >= 15 is 0 Å². The molecule has 1 aliphatic rings. The molecule has 0 saturated carbocycles. The fraction of sp³-hybridized carbons (Fsp3) is 0.600. The van der Waals surface area contributed by atoms with E-state index < -0.39 is 0 Å². The number of rotatable bonds is 4. The number of anilines is 1. The second-order valence-corrected chi connectivity index (χ2v) is 5.16. The topological polar surface area (TPSA) is 38.5 Å². The molecule has 2 unspecified atom stereocenters. The smallest absolute Gasteiger partial charge is 0.143 e. The number of benzene rings is 1. The molecular weight excluding hydrogens is 224 g/mol. The molecule has 0 radical (unpaired) electrons. The third-order valence-corrected chi connectivity index (χ3v) is 3.56. The number of fused-ring (bicyclic) bond motifs is 1. The van der Waals surface area contributed by atoms with Crippen LogP contribution in [0.3, 0.4) is 0 Å². The van der Waals surface area contributed by atoms with Crippen LogP contribution in [0.15, 0.2) is 18.2 Å². The van der Waals surface area contributed by atoms with Crippen LogP contribution >= 0.6 is 0 Å². The quantitative estimate of drug-likeness (QED) is 0.890. The predicted molar refractivity (Wildman–Crippen MR) is 76.4 cm³/mol. The summed E-state index contributed by atoms with van der Waals surface area (Å²) in [6.07, 6.45) is 2.29. The third kappa shape index (κ3) is 2.78. The first kappa shape index (κ1) is 13.2. The van der Waals surface area contributed by atoms with Crippen molar-refractivity contribution in [1.82, 2.24) is 0 Å². The molecule has 0 aromatic heterocycles. The number of nitrogens with two attached hydrogens (primary N) is 1. The number of aryl methyl sites for hydroxylation is 1. The van der Waals surface area contributed by atoms with Crippen LogP contribution in [0, 0.1) is 0 Å². The van der Waals surface area contributed by atoms with E-state index in [1.165, 1.54) is 11.3 Å². The van der Waals surface area contributed by atoms with Crippen molar-refractivity contribution in [3.8, 4) is 5.75 Å². The van der Waals surface area contributed by atoms with Gasteiger partial charge in [0.25, 0.3) is 0 Å². The average molecular weight is 248 g/mol. The van der Waals surface area contributed by atoms with Crippen LogP contribution in [0.2, 0.25) is 0 Å². The molecule has 1 aromatic rings. The van der Waals surface area contributed by atoms with E-state index in [1.807, 2.05) is 0 Å². The van der Waals surface area contributed by atoms with Gasteiger partial charge in [0.15, 0.2) is 0 Å². The highest BCUT2D eigenvalue weighted by Crippen LogP contribution is 2.34. The summed E-state index contributed by atoms with van der Waals surface area (Å²) < 4.78 is 5.89. The number of nitrogens with zero attached hydrogens (tertiary/aromatic N) is 1. The molecule has 1 heterocycles. The Balaban J connectivity index is 2.27. The first-order chi connectivity index (χ1) is 8.63. The summed E-state index contributed by atoms with van der Waals surface area (Å²) in [5.74, 6) is 0.995. The monoisotopic (exact) mass is 248 g/mol. The van der Waals surface area contributed by atoms with Crippen molar-refractivity contribution in [2.45, 2.75) is 45.8 Å². The van der Waals surface area contributed by atoms with Gasteiger partial charge < -0.3 is 15.4 Å². The Labute approximate surface area is 110 Å². The Hall–Kier alpha value is -1.22. The highest BCUT2D eigenvalue weighted by Gasteiger charge is 2.23. The molecule has 0 amide bonds. The van der Waals surface area contributed by atoms with Crippen molar-refractivity contribution in [2.75, 3.05) is 18.0 Å². The molecule has 3 nitrogen and oxygen atoms in total. The zero-order valence-corrected chi connectivity index (χ0v) is 11.6. The van der Waals surface area contributed by atoms with Gasteiger partial charge in [-0.05, 0) is 37.5 Å². The van der Waals surface area contributed by atoms with Crippen molar-refractivity contribution < 1.29 is 4.74 Å². The fourth-order valence-electron chi connectivity index (χ4n) is 2.38. The molecule has 0 fully saturated rings. The number of hydrogen-bond acceptors (Lipinski definition) is 3. The van der Waals surface area contributed by atoms with E-state index in [4.69, 9.17) is 10.5 Å². The Morgan fingerprint density at radius 3 is 2.89 bits per heavy atom. The molecule has 2 atom stereocenters. The molecular formula is C15H24N2O. The summed E-state index contributed by atoms with van der Waals surface area (Å²) in [7, 11) is 0. The molecule has 0 saturated heterocycles. The van der Waals surface area contributed by atoms with Crippen molar-refractivity contribution in [1.29, 1.82) is 0 Å². The van der Waals surface area contributed by atoms with Crippen LogP contribution in [0.4, 0.5) is 5.69 Å². The second kappa shape index (κ2) is 5.61. The van der Waals surface area contributed by atoms with Crippen LogP contribution in [-0.2, 0) is 6.42 Å². The van der Waals surface area contributed by atoms with Gasteiger partial charge in [-0.2, -0.15) is 0 Å². The van der Waals surface area contributed by atoms with E-state index in [0.717, 1.165) is 31.7 Å². The third-order valence-electron chi connectivity index (χ3n) is 3.56. The lowest BCUT2D eigenvalue weighted by atomic mass is 10.1. The average Bonchev–Trinajstić information content (AvgIpc) is 2.38. The standard InChI is InChI=1S/C15H24N2O/c1-4-12-6-7-15-14(8-12)17(9-11(3)18-15)10-13(16)5-2/h6-8,11,13H,4-5,9-10,16H2,1-3H3. The first-order valence-electron chi connectivity index (χ1n) is 6.94. The van der Waals surface area contributed by atoms with Crippen molar-refractivity contribution in [2.24, 2.45) is 5.73 Å². The van der Waals surface area contributed by atoms with Gasteiger partial charge >= 0.3 is 0 Å². The lowest BCUT2D eigenvalue weighted by Crippen LogP contribution is -2.44. The predicted octanol–water partition coefficient (Wildman–Crippen LogP) is 2.57. The zero-order valence-electron chi connectivity index (χ0n) is 11.6. The van der Waals surface area contributed by atoms with E-state index in [1.54, 1.807) is 0 Å². The van der Waals surface area contributed by atoms with Gasteiger partial charge in [0.2, 0.25) is 0 Å². The number of hydrogen-bond donors (Lipinski definition) is 1. The van der Waals surface area contributed by atoms with Crippen molar-refractivity contribution in [3.05, 3.63) is 23.8 Å². The van der Waals surface area contributed by atoms with Gasteiger partial charge in [-0.3, -0.25) is 0 Å². The van der Waals surface area contributed by atoms with Gasteiger partial charge in [-0.1, -0.05) is 19.9 Å². The zero-order chi connectivity index (χ0) is 13.1. The lowest BCUT2D eigenvalue weighted by Gasteiger charge is -2.36. The van der Waals surface area contributed by atoms with Gasteiger partial charge in [-0.15, -0.1) is 0 Å². The molecule has 0 spiro atoms. The van der Waals surface area contributed by atoms with E-state index in [0.29, 0.717) is 0 Å². The summed E-state index contributed by atoms with van der Waals surface area (Å²) in [5.41, 5.74) is 8.65. The van der Waals surface area contributed by atoms with Crippen LogP contribution in [0.1, 0.15) is 32.8 Å². The van der Waals surface area contributed by atoms with Gasteiger partial charge in [0.1, 0.15) is 11.9 Å². The number of ether oxygens (including phenoxy) is 1. The molecule has 18 heavy (non-hydrogen) atoms. The normalized spacial score (nSPS) is 20.2. The molecule has 1 aromatic carbocycles. The molecule has 3 heteroatoms. The van der Waals surface area contributed by atoms with Crippen LogP contribution in [0.5, 0.6) is 5.75 Å². The SMILES string of the molecule is CCc1ccc2c(c1)N(CC(N)CC)CC(C)O2. The summed E-state index contributed by atoms with van der Waals surface area (Å²) in [5, 5.41) is 0. The largest absolute Gasteiger partial charge is 0.487 e. The van der Waals surface area contributed by atoms with E-state index in [-0.39, 0.29) is 12.1 Å².